The van der Waals surface area contributed by atoms with Crippen LogP contribution in [0.15, 0.2) is 71.7 Å². The number of H-pyrrole nitrogens is 1. The molecule has 2 aromatic carbocycles. The Balaban J connectivity index is 1.88. The highest BCUT2D eigenvalue weighted by Gasteiger charge is 2.17. The zero-order valence-corrected chi connectivity index (χ0v) is 17.2. The van der Waals surface area contributed by atoms with Gasteiger partial charge < -0.3 is 4.98 Å². The lowest BCUT2D eigenvalue weighted by atomic mass is 9.93. The molecule has 31 heavy (non-hydrogen) atoms. The highest BCUT2D eigenvalue weighted by Crippen LogP contribution is 2.37. The van der Waals surface area contributed by atoms with Crippen LogP contribution in [0.2, 0.25) is 5.02 Å². The van der Waals surface area contributed by atoms with Crippen LogP contribution in [-0.2, 0) is 0 Å². The number of nitrogens with zero attached hydrogens (tertiary/aromatic N) is 3. The molecule has 0 radical (unpaired) electrons. The predicted molar refractivity (Wildman–Crippen MR) is 123 cm³/mol. The van der Waals surface area contributed by atoms with E-state index in [1.807, 2.05) is 49.4 Å². The van der Waals surface area contributed by atoms with Crippen LogP contribution in [0.25, 0.3) is 44.3 Å². The van der Waals surface area contributed by atoms with E-state index < -0.39 is 0 Å². The molecular weight excluding hydrogens is 408 g/mol. The Morgan fingerprint density at radius 3 is 2.71 bits per heavy atom. The zero-order chi connectivity index (χ0) is 21.5. The second-order valence-corrected chi connectivity index (χ2v) is 7.68. The predicted octanol–water partition coefficient (Wildman–Crippen LogP) is 5.64. The molecule has 5 rings (SSSR count). The number of aromatic amines is 1. The van der Waals surface area contributed by atoms with E-state index in [9.17, 15) is 10.1 Å². The number of fused-ring (bicyclic) bond motifs is 2. The van der Waals surface area contributed by atoms with E-state index in [0.717, 1.165) is 38.5 Å². The first kappa shape index (κ1) is 19.0. The van der Waals surface area contributed by atoms with Crippen LogP contribution >= 0.6 is 11.6 Å². The zero-order valence-electron chi connectivity index (χ0n) is 16.5. The molecule has 1 N–H and O–H groups in total. The Hall–Kier alpha value is -4.01. The van der Waals surface area contributed by atoms with Gasteiger partial charge in [0.25, 0.3) is 0 Å². The fraction of sp³-hybridized carbons (Fsp3) is 0.0400. The Morgan fingerprint density at radius 2 is 1.87 bits per heavy atom. The minimum atomic E-state index is -0.221. The van der Waals surface area contributed by atoms with Crippen molar-refractivity contribution in [3.63, 3.8) is 0 Å². The van der Waals surface area contributed by atoms with Gasteiger partial charge in [-0.25, -0.2) is 4.98 Å². The van der Waals surface area contributed by atoms with Gasteiger partial charge >= 0.3 is 0 Å². The maximum absolute atomic E-state index is 11.9. The summed E-state index contributed by atoms with van der Waals surface area (Å²) in [6.45, 7) is 1.90. The van der Waals surface area contributed by atoms with E-state index in [-0.39, 0.29) is 5.56 Å². The van der Waals surface area contributed by atoms with Gasteiger partial charge in [-0.05, 0) is 54.4 Å². The fourth-order valence-corrected chi connectivity index (χ4v) is 4.10. The normalized spacial score (nSPS) is 11.0. The lowest BCUT2D eigenvalue weighted by molar-refractivity contribution is 1.23. The molecule has 0 saturated carbocycles. The summed E-state index contributed by atoms with van der Waals surface area (Å²) in [6.07, 6.45) is 1.71. The summed E-state index contributed by atoms with van der Waals surface area (Å²) in [4.78, 5) is 23.9. The monoisotopic (exact) mass is 422 g/mol. The van der Waals surface area contributed by atoms with Gasteiger partial charge in [-0.15, -0.1) is 0 Å². The van der Waals surface area contributed by atoms with Crippen LogP contribution in [0.1, 0.15) is 11.1 Å². The number of rotatable bonds is 2. The minimum Gasteiger partial charge on any atom is -0.307 e. The van der Waals surface area contributed by atoms with Gasteiger partial charge in [-0.2, -0.15) is 5.26 Å². The molecule has 0 fully saturated rings. The average Bonchev–Trinajstić information content (AvgIpc) is 2.78. The Morgan fingerprint density at radius 1 is 1.00 bits per heavy atom. The summed E-state index contributed by atoms with van der Waals surface area (Å²) in [6, 6.07) is 20.7. The molecule has 0 atom stereocenters. The van der Waals surface area contributed by atoms with Gasteiger partial charge in [0, 0.05) is 34.2 Å². The van der Waals surface area contributed by atoms with Crippen molar-refractivity contribution >= 4 is 33.5 Å². The molecule has 148 valence electrons. The van der Waals surface area contributed by atoms with Gasteiger partial charge in [-0.3, -0.25) is 9.78 Å². The third kappa shape index (κ3) is 3.24. The average molecular weight is 423 g/mol. The standard InChI is InChI=1S/C25H15ClN4O/c1-14-17(13-27)4-2-6-19(14)24-20(11-16-7-8-22(31)29-25(16)30-24)18-10-15-5-3-9-28-23(15)21(26)12-18/h2-12H,1H3,(H,29,30,31). The first-order valence-electron chi connectivity index (χ1n) is 9.64. The van der Waals surface area contributed by atoms with Crippen molar-refractivity contribution < 1.29 is 0 Å². The van der Waals surface area contributed by atoms with Crippen LogP contribution < -0.4 is 5.56 Å². The Labute approximate surface area is 182 Å². The van der Waals surface area contributed by atoms with Gasteiger partial charge in [0.2, 0.25) is 5.56 Å². The third-order valence-corrected chi connectivity index (χ3v) is 5.67. The summed E-state index contributed by atoms with van der Waals surface area (Å²) in [5.74, 6) is 0. The SMILES string of the molecule is Cc1c(C#N)cccc1-c1nc2[nH]c(=O)ccc2cc1-c1cc(Cl)c2ncccc2c1. The highest BCUT2D eigenvalue weighted by atomic mass is 35.5. The molecule has 0 aliphatic rings. The van der Waals surface area contributed by atoms with Crippen molar-refractivity contribution in [3.8, 4) is 28.5 Å². The van der Waals surface area contributed by atoms with E-state index in [4.69, 9.17) is 16.6 Å². The van der Waals surface area contributed by atoms with Crippen molar-refractivity contribution in [1.82, 2.24) is 15.0 Å². The molecule has 6 heteroatoms. The number of hydrogen-bond acceptors (Lipinski definition) is 4. The van der Waals surface area contributed by atoms with E-state index in [2.05, 4.69) is 16.0 Å². The number of pyridine rings is 3. The maximum Gasteiger partial charge on any atom is 0.249 e. The van der Waals surface area contributed by atoms with E-state index in [1.165, 1.54) is 6.07 Å². The van der Waals surface area contributed by atoms with Gasteiger partial charge in [0.1, 0.15) is 5.65 Å². The molecular formula is C25H15ClN4O. The largest absolute Gasteiger partial charge is 0.307 e. The first-order valence-corrected chi connectivity index (χ1v) is 10.0. The number of hydrogen-bond donors (Lipinski definition) is 1. The van der Waals surface area contributed by atoms with Gasteiger partial charge in [0.15, 0.2) is 0 Å². The molecule has 5 nitrogen and oxygen atoms in total. The molecule has 0 amide bonds. The van der Waals surface area contributed by atoms with Crippen LogP contribution in [0, 0.1) is 18.3 Å². The fourth-order valence-electron chi connectivity index (χ4n) is 3.82. The topological polar surface area (TPSA) is 82.4 Å². The summed E-state index contributed by atoms with van der Waals surface area (Å²) in [7, 11) is 0. The molecule has 0 spiro atoms. The smallest absolute Gasteiger partial charge is 0.249 e. The maximum atomic E-state index is 11.9. The van der Waals surface area contributed by atoms with Crippen LogP contribution in [-0.4, -0.2) is 15.0 Å². The lowest BCUT2D eigenvalue weighted by Gasteiger charge is -2.15. The summed E-state index contributed by atoms with van der Waals surface area (Å²) in [5.41, 5.74) is 5.62. The molecule has 5 aromatic rings. The Kier molecular flexibility index (Phi) is 4.50. The molecule has 0 aliphatic heterocycles. The number of benzene rings is 2. The van der Waals surface area contributed by atoms with Crippen molar-refractivity contribution in [2.75, 3.05) is 0 Å². The first-order chi connectivity index (χ1) is 15.0. The molecule has 0 unspecified atom stereocenters. The van der Waals surface area contributed by atoms with Gasteiger partial charge in [-0.1, -0.05) is 29.8 Å². The Bertz CT molecular complexity index is 1600. The van der Waals surface area contributed by atoms with Gasteiger partial charge in [0.05, 0.1) is 27.9 Å². The molecule has 0 saturated heterocycles. The number of aromatic nitrogens is 3. The second-order valence-electron chi connectivity index (χ2n) is 7.27. The molecule has 0 aliphatic carbocycles. The third-order valence-electron chi connectivity index (χ3n) is 5.39. The van der Waals surface area contributed by atoms with Crippen LogP contribution in [0.3, 0.4) is 0 Å². The highest BCUT2D eigenvalue weighted by molar-refractivity contribution is 6.35. The molecule has 3 aromatic heterocycles. The lowest BCUT2D eigenvalue weighted by Crippen LogP contribution is -2.05. The number of nitriles is 1. The van der Waals surface area contributed by atoms with Crippen molar-refractivity contribution in [2.45, 2.75) is 6.92 Å². The van der Waals surface area contributed by atoms with E-state index in [1.54, 1.807) is 18.3 Å². The van der Waals surface area contributed by atoms with Crippen LogP contribution in [0.4, 0.5) is 0 Å². The van der Waals surface area contributed by atoms with Crippen molar-refractivity contribution in [2.24, 2.45) is 0 Å². The summed E-state index contributed by atoms with van der Waals surface area (Å²) in [5, 5.41) is 11.8. The van der Waals surface area contributed by atoms with Crippen LogP contribution in [0.5, 0.6) is 0 Å². The minimum absolute atomic E-state index is 0.221. The van der Waals surface area contributed by atoms with E-state index >= 15 is 0 Å². The molecule has 0 bridgehead atoms. The molecule has 3 heterocycles. The number of halogens is 1. The van der Waals surface area contributed by atoms with Crippen molar-refractivity contribution in [1.29, 1.82) is 5.26 Å². The second kappa shape index (κ2) is 7.35. The number of nitrogens with one attached hydrogen (secondary N) is 1. The van der Waals surface area contributed by atoms with Crippen molar-refractivity contribution in [3.05, 3.63) is 93.4 Å². The quantitative estimate of drug-likeness (QED) is 0.399. The van der Waals surface area contributed by atoms with E-state index in [0.29, 0.717) is 21.9 Å². The summed E-state index contributed by atoms with van der Waals surface area (Å²) >= 11 is 6.55. The summed E-state index contributed by atoms with van der Waals surface area (Å²) < 4.78 is 0.